The van der Waals surface area contributed by atoms with Crippen LogP contribution in [0.3, 0.4) is 0 Å². The van der Waals surface area contributed by atoms with Gasteiger partial charge in [-0.3, -0.25) is 4.98 Å². The van der Waals surface area contributed by atoms with E-state index in [9.17, 15) is 10.4 Å². The molecule has 1 fully saturated rings. The molecule has 1 N–H and O–H groups in total. The summed E-state index contributed by atoms with van der Waals surface area (Å²) in [6.45, 7) is 0. The third-order valence-corrected chi connectivity index (χ3v) is 4.41. The minimum Gasteiger partial charge on any atom is -0.385 e. The van der Waals surface area contributed by atoms with Crippen molar-refractivity contribution >= 4 is 31.9 Å². The predicted octanol–water partition coefficient (Wildman–Crippen LogP) is 3.72. The van der Waals surface area contributed by atoms with Gasteiger partial charge in [0.25, 0.3) is 0 Å². The van der Waals surface area contributed by atoms with E-state index >= 15 is 0 Å². The summed E-state index contributed by atoms with van der Waals surface area (Å²) in [6, 6.07) is 4.13. The number of pyridine rings is 1. The Balaban J connectivity index is 2.36. The zero-order chi connectivity index (χ0) is 12.5. The summed E-state index contributed by atoms with van der Waals surface area (Å²) in [5.41, 5.74) is -0.111. The first-order valence-electron chi connectivity index (χ1n) is 5.49. The van der Waals surface area contributed by atoms with E-state index in [0.29, 0.717) is 5.69 Å². The van der Waals surface area contributed by atoms with Crippen LogP contribution >= 0.6 is 31.9 Å². The average molecular weight is 360 g/mol. The maximum absolute atomic E-state index is 10.4. The van der Waals surface area contributed by atoms with Gasteiger partial charge in [-0.05, 0) is 50.8 Å². The fraction of sp³-hybridized carbons (Fsp3) is 0.500. The smallest absolute Gasteiger partial charge is 0.116 e. The molecule has 1 aromatic rings. The summed E-state index contributed by atoms with van der Waals surface area (Å²) in [7, 11) is 0. The molecular formula is C12H12Br2N2O. The second kappa shape index (κ2) is 5.05. The van der Waals surface area contributed by atoms with Gasteiger partial charge in [0.15, 0.2) is 0 Å². The van der Waals surface area contributed by atoms with Crippen LogP contribution in [-0.2, 0) is 0 Å². The van der Waals surface area contributed by atoms with Crippen LogP contribution < -0.4 is 0 Å². The molecule has 5 heteroatoms. The van der Waals surface area contributed by atoms with E-state index in [1.54, 1.807) is 6.20 Å². The zero-order valence-corrected chi connectivity index (χ0v) is 12.3. The first-order chi connectivity index (χ1) is 8.09. The van der Waals surface area contributed by atoms with Crippen LogP contribution in [0.15, 0.2) is 21.2 Å². The van der Waals surface area contributed by atoms with Gasteiger partial charge in [-0.15, -0.1) is 0 Å². The summed E-state index contributed by atoms with van der Waals surface area (Å²) in [4.78, 5) is 4.22. The molecule has 1 aromatic heterocycles. The molecule has 0 spiro atoms. The SMILES string of the molecule is N#CC1(C(O)c2ncc(Br)cc2Br)CCCC1. The molecule has 90 valence electrons. The van der Waals surface area contributed by atoms with Gasteiger partial charge >= 0.3 is 0 Å². The molecule has 0 aliphatic heterocycles. The highest BCUT2D eigenvalue weighted by Gasteiger charge is 2.43. The van der Waals surface area contributed by atoms with Crippen LogP contribution in [0.1, 0.15) is 37.5 Å². The Morgan fingerprint density at radius 1 is 1.41 bits per heavy atom. The second-order valence-corrected chi connectivity index (χ2v) is 6.17. The van der Waals surface area contributed by atoms with Crippen molar-refractivity contribution in [3.8, 4) is 6.07 Å². The topological polar surface area (TPSA) is 56.9 Å². The third kappa shape index (κ3) is 2.40. The fourth-order valence-corrected chi connectivity index (χ4v) is 3.54. The van der Waals surface area contributed by atoms with Gasteiger partial charge in [-0.2, -0.15) is 5.26 Å². The number of aliphatic hydroxyl groups excluding tert-OH is 1. The van der Waals surface area contributed by atoms with E-state index < -0.39 is 11.5 Å². The maximum atomic E-state index is 10.4. The number of hydrogen-bond acceptors (Lipinski definition) is 3. The van der Waals surface area contributed by atoms with Crippen LogP contribution in [0.2, 0.25) is 0 Å². The van der Waals surface area contributed by atoms with E-state index in [4.69, 9.17) is 0 Å². The molecule has 3 nitrogen and oxygen atoms in total. The first kappa shape index (κ1) is 13.0. The molecular weight excluding hydrogens is 348 g/mol. The molecule has 0 radical (unpaired) electrons. The van der Waals surface area contributed by atoms with Gasteiger partial charge in [0.2, 0.25) is 0 Å². The van der Waals surface area contributed by atoms with Crippen LogP contribution in [0, 0.1) is 16.7 Å². The molecule has 1 heterocycles. The van der Waals surface area contributed by atoms with Crippen LogP contribution in [0.25, 0.3) is 0 Å². The standard InChI is InChI=1S/C12H12Br2N2O/c13-8-5-9(14)10(16-6-8)11(17)12(7-15)3-1-2-4-12/h5-6,11,17H,1-4H2. The van der Waals surface area contributed by atoms with E-state index in [0.717, 1.165) is 34.6 Å². The van der Waals surface area contributed by atoms with E-state index in [1.807, 2.05) is 6.07 Å². The molecule has 1 aliphatic carbocycles. The van der Waals surface area contributed by atoms with Gasteiger partial charge in [0, 0.05) is 15.1 Å². The average Bonchev–Trinajstić information content (AvgIpc) is 2.78. The number of aliphatic hydroxyl groups is 1. The molecule has 0 saturated heterocycles. The van der Waals surface area contributed by atoms with E-state index in [2.05, 4.69) is 42.9 Å². The summed E-state index contributed by atoms with van der Waals surface area (Å²) in [6.07, 6.45) is 4.31. The molecule has 0 bridgehead atoms. The number of rotatable bonds is 2. The molecule has 1 atom stereocenters. The minimum absolute atomic E-state index is 0.552. The van der Waals surface area contributed by atoms with Crippen molar-refractivity contribution in [3.63, 3.8) is 0 Å². The Morgan fingerprint density at radius 2 is 2.06 bits per heavy atom. The van der Waals surface area contributed by atoms with Crippen molar-refractivity contribution in [1.29, 1.82) is 5.26 Å². The molecule has 1 aliphatic rings. The lowest BCUT2D eigenvalue weighted by atomic mass is 9.80. The van der Waals surface area contributed by atoms with Gasteiger partial charge in [0.1, 0.15) is 6.10 Å². The summed E-state index contributed by atoms with van der Waals surface area (Å²) in [5.74, 6) is 0. The van der Waals surface area contributed by atoms with Crippen molar-refractivity contribution in [2.24, 2.45) is 5.41 Å². The fourth-order valence-electron chi connectivity index (χ4n) is 2.34. The summed E-state index contributed by atoms with van der Waals surface area (Å²) < 4.78 is 1.58. The molecule has 17 heavy (non-hydrogen) atoms. The third-order valence-electron chi connectivity index (χ3n) is 3.34. The number of nitriles is 1. The van der Waals surface area contributed by atoms with Crippen LogP contribution in [0.5, 0.6) is 0 Å². The summed E-state index contributed by atoms with van der Waals surface area (Å²) in [5, 5.41) is 19.7. The highest BCUT2D eigenvalue weighted by molar-refractivity contribution is 9.11. The Kier molecular flexibility index (Phi) is 3.86. The van der Waals surface area contributed by atoms with E-state index in [1.165, 1.54) is 0 Å². The maximum Gasteiger partial charge on any atom is 0.116 e. The largest absolute Gasteiger partial charge is 0.385 e. The Morgan fingerprint density at radius 3 is 2.59 bits per heavy atom. The predicted molar refractivity (Wildman–Crippen MR) is 71.1 cm³/mol. The van der Waals surface area contributed by atoms with E-state index in [-0.39, 0.29) is 0 Å². The molecule has 1 unspecified atom stereocenters. The van der Waals surface area contributed by atoms with Crippen LogP contribution in [0.4, 0.5) is 0 Å². The van der Waals surface area contributed by atoms with Gasteiger partial charge in [-0.1, -0.05) is 12.8 Å². The summed E-state index contributed by atoms with van der Waals surface area (Å²) >= 11 is 6.71. The van der Waals surface area contributed by atoms with Gasteiger partial charge in [0.05, 0.1) is 17.2 Å². The first-order valence-corrected chi connectivity index (χ1v) is 7.08. The number of hydrogen-bond donors (Lipinski definition) is 1. The van der Waals surface area contributed by atoms with Crippen molar-refractivity contribution in [3.05, 3.63) is 26.9 Å². The number of halogens is 2. The Labute approximate surface area is 117 Å². The molecule has 1 saturated carbocycles. The monoisotopic (exact) mass is 358 g/mol. The quantitative estimate of drug-likeness (QED) is 0.875. The lowest BCUT2D eigenvalue weighted by Crippen LogP contribution is -2.25. The zero-order valence-electron chi connectivity index (χ0n) is 9.16. The highest BCUT2D eigenvalue weighted by Crippen LogP contribution is 2.47. The molecule has 2 rings (SSSR count). The number of nitrogens with zero attached hydrogens (tertiary/aromatic N) is 2. The van der Waals surface area contributed by atoms with Crippen molar-refractivity contribution in [2.75, 3.05) is 0 Å². The van der Waals surface area contributed by atoms with Gasteiger partial charge in [-0.25, -0.2) is 0 Å². The Hall–Kier alpha value is -0.440. The normalized spacial score (nSPS) is 19.9. The van der Waals surface area contributed by atoms with Crippen molar-refractivity contribution in [2.45, 2.75) is 31.8 Å². The van der Waals surface area contributed by atoms with Crippen molar-refractivity contribution < 1.29 is 5.11 Å². The van der Waals surface area contributed by atoms with Gasteiger partial charge < -0.3 is 5.11 Å². The Bertz CT molecular complexity index is 464. The highest BCUT2D eigenvalue weighted by atomic mass is 79.9. The van der Waals surface area contributed by atoms with Crippen molar-refractivity contribution in [1.82, 2.24) is 4.98 Å². The minimum atomic E-state index is -0.822. The lowest BCUT2D eigenvalue weighted by Gasteiger charge is -2.27. The van der Waals surface area contributed by atoms with Crippen LogP contribution in [-0.4, -0.2) is 10.1 Å². The number of aromatic nitrogens is 1. The molecule has 0 amide bonds. The molecule has 0 aromatic carbocycles. The second-order valence-electron chi connectivity index (χ2n) is 4.40. The lowest BCUT2D eigenvalue weighted by molar-refractivity contribution is 0.0626.